The molecule has 0 atom stereocenters. The fraction of sp³-hybridized carbons (Fsp3) is 0.115. The fourth-order valence-corrected chi connectivity index (χ4v) is 3.58. The highest BCUT2D eigenvalue weighted by Crippen LogP contribution is 2.27. The van der Waals surface area contributed by atoms with Gasteiger partial charge in [-0.3, -0.25) is 0 Å². The number of aliphatic imine (C=N–C) groups is 1. The minimum atomic E-state index is 0.783. The largest absolute Gasteiger partial charge is 0.465 e. The van der Waals surface area contributed by atoms with Gasteiger partial charge < -0.3 is 4.74 Å². The second-order valence-corrected chi connectivity index (χ2v) is 7.93. The molecule has 3 rings (SSSR count). The summed E-state index contributed by atoms with van der Waals surface area (Å²) in [6.45, 7) is 9.97. The highest BCUT2D eigenvalue weighted by atomic mass is 32.2. The predicted octanol–water partition coefficient (Wildman–Crippen LogP) is 7.75. The molecule has 3 heteroatoms. The highest BCUT2D eigenvalue weighted by Gasteiger charge is 2.08. The van der Waals surface area contributed by atoms with Gasteiger partial charge in [-0.25, -0.2) is 4.99 Å². The van der Waals surface area contributed by atoms with E-state index in [1.807, 2.05) is 49.4 Å². The first-order valence-electron chi connectivity index (χ1n) is 9.49. The minimum Gasteiger partial charge on any atom is -0.465 e. The van der Waals surface area contributed by atoms with Crippen LogP contribution in [0.3, 0.4) is 0 Å². The molecule has 0 aromatic heterocycles. The average Bonchev–Trinajstić information content (AvgIpc) is 2.73. The van der Waals surface area contributed by atoms with Crippen LogP contribution >= 0.6 is 11.8 Å². The van der Waals surface area contributed by atoms with E-state index >= 15 is 0 Å². The molecule has 0 aliphatic heterocycles. The van der Waals surface area contributed by atoms with Gasteiger partial charge >= 0.3 is 0 Å². The van der Waals surface area contributed by atoms with Crippen molar-refractivity contribution in [3.63, 3.8) is 0 Å². The van der Waals surface area contributed by atoms with E-state index in [4.69, 9.17) is 9.73 Å². The molecule has 3 aromatic carbocycles. The van der Waals surface area contributed by atoms with E-state index in [2.05, 4.69) is 56.8 Å². The second-order valence-electron chi connectivity index (χ2n) is 6.86. The van der Waals surface area contributed by atoms with E-state index in [-0.39, 0.29) is 0 Å². The summed E-state index contributed by atoms with van der Waals surface area (Å²) >= 11 is 1.64. The quantitative estimate of drug-likeness (QED) is 0.183. The Kier molecular flexibility index (Phi) is 7.09. The summed E-state index contributed by atoms with van der Waals surface area (Å²) in [5.41, 5.74) is 5.40. The molecule has 0 aliphatic carbocycles. The molecule has 0 N–H and O–H groups in total. The number of ether oxygens (including phenoxy) is 1. The molecule has 0 radical (unpaired) electrons. The lowest BCUT2D eigenvalue weighted by Crippen LogP contribution is -1.97. The molecular weight excluding hydrogens is 374 g/mol. The summed E-state index contributed by atoms with van der Waals surface area (Å²) in [5.74, 6) is 0.783. The summed E-state index contributed by atoms with van der Waals surface area (Å²) in [6, 6.07) is 24.5. The third-order valence-corrected chi connectivity index (χ3v) is 5.39. The Hall–Kier alpha value is -3.04. The highest BCUT2D eigenvalue weighted by molar-refractivity contribution is 8.14. The van der Waals surface area contributed by atoms with Gasteiger partial charge in [0.25, 0.3) is 0 Å². The van der Waals surface area contributed by atoms with Crippen LogP contribution < -0.4 is 4.74 Å². The molecule has 29 heavy (non-hydrogen) atoms. The lowest BCUT2D eigenvalue weighted by molar-refractivity contribution is 0.478. The molecular formula is C26H25NOS. The average molecular weight is 400 g/mol. The zero-order valence-electron chi connectivity index (χ0n) is 17.1. The molecule has 0 bridgehead atoms. The van der Waals surface area contributed by atoms with Gasteiger partial charge in [-0.1, -0.05) is 71.9 Å². The number of nitrogens with zero attached hydrogens (tertiary/aromatic N) is 1. The van der Waals surface area contributed by atoms with Crippen LogP contribution in [-0.4, -0.2) is 5.04 Å². The van der Waals surface area contributed by atoms with Crippen LogP contribution in [0.25, 0.3) is 6.08 Å². The van der Waals surface area contributed by atoms with Crippen molar-refractivity contribution in [1.82, 2.24) is 0 Å². The molecule has 0 spiro atoms. The van der Waals surface area contributed by atoms with Crippen LogP contribution in [0.2, 0.25) is 0 Å². The fourth-order valence-electron chi connectivity index (χ4n) is 2.61. The SMILES string of the molecule is C=Cc1ccc(O/C=C(C)/C(=N/c2ccc(C)cc2)Sc2cccc(C)c2)cc1. The summed E-state index contributed by atoms with van der Waals surface area (Å²) in [6.07, 6.45) is 3.58. The number of hydrogen-bond acceptors (Lipinski definition) is 3. The molecule has 0 fully saturated rings. The van der Waals surface area contributed by atoms with Gasteiger partial charge in [0.1, 0.15) is 10.8 Å². The van der Waals surface area contributed by atoms with E-state index in [9.17, 15) is 0 Å². The van der Waals surface area contributed by atoms with Crippen LogP contribution in [-0.2, 0) is 0 Å². The smallest absolute Gasteiger partial charge is 0.126 e. The molecule has 0 heterocycles. The van der Waals surface area contributed by atoms with Gasteiger partial charge in [0.15, 0.2) is 0 Å². The predicted molar refractivity (Wildman–Crippen MR) is 126 cm³/mol. The molecule has 146 valence electrons. The van der Waals surface area contributed by atoms with Crippen molar-refractivity contribution in [2.75, 3.05) is 0 Å². The molecule has 0 saturated carbocycles. The maximum Gasteiger partial charge on any atom is 0.126 e. The molecule has 0 aliphatic rings. The van der Waals surface area contributed by atoms with Crippen molar-refractivity contribution in [3.8, 4) is 5.75 Å². The molecule has 0 unspecified atom stereocenters. The maximum absolute atomic E-state index is 5.88. The van der Waals surface area contributed by atoms with Crippen LogP contribution in [0.1, 0.15) is 23.6 Å². The second kappa shape index (κ2) is 9.94. The summed E-state index contributed by atoms with van der Waals surface area (Å²) in [4.78, 5) is 6.03. The van der Waals surface area contributed by atoms with Crippen LogP contribution in [0.4, 0.5) is 5.69 Å². The minimum absolute atomic E-state index is 0.783. The summed E-state index contributed by atoms with van der Waals surface area (Å²) in [5, 5.41) is 0.905. The van der Waals surface area contributed by atoms with Crippen molar-refractivity contribution < 1.29 is 4.74 Å². The Labute approximate surface area is 177 Å². The normalized spacial score (nSPS) is 12.0. The number of benzene rings is 3. The van der Waals surface area contributed by atoms with E-state index in [1.54, 1.807) is 18.0 Å². The Balaban J connectivity index is 1.87. The first-order valence-corrected chi connectivity index (χ1v) is 10.3. The number of aryl methyl sites for hydroxylation is 2. The zero-order valence-corrected chi connectivity index (χ0v) is 17.9. The molecule has 0 saturated heterocycles. The number of thioether (sulfide) groups is 1. The maximum atomic E-state index is 5.88. The van der Waals surface area contributed by atoms with Gasteiger partial charge in [-0.2, -0.15) is 0 Å². The Morgan fingerprint density at radius 1 is 0.931 bits per heavy atom. The molecule has 2 nitrogen and oxygen atoms in total. The van der Waals surface area contributed by atoms with Crippen molar-refractivity contribution in [2.24, 2.45) is 4.99 Å². The summed E-state index contributed by atoms with van der Waals surface area (Å²) in [7, 11) is 0. The van der Waals surface area contributed by atoms with Gasteiger partial charge in [0, 0.05) is 10.5 Å². The lowest BCUT2D eigenvalue weighted by Gasteiger charge is -2.09. The van der Waals surface area contributed by atoms with E-state index in [1.165, 1.54) is 11.1 Å². The lowest BCUT2D eigenvalue weighted by atomic mass is 10.2. The van der Waals surface area contributed by atoms with Crippen molar-refractivity contribution in [3.05, 3.63) is 108 Å². The van der Waals surface area contributed by atoms with E-state index < -0.39 is 0 Å². The Morgan fingerprint density at radius 2 is 1.66 bits per heavy atom. The standard InChI is InChI=1S/C26H25NOS/c1-5-22-11-15-24(16-12-22)28-18-21(4)26(27-23-13-9-19(2)10-14-23)29-25-8-6-7-20(3)17-25/h5-18H,1H2,2-4H3/b21-18+,27-26-. The first-order chi connectivity index (χ1) is 14.0. The van der Waals surface area contributed by atoms with Gasteiger partial charge in [0.05, 0.1) is 11.9 Å². The number of hydrogen-bond donors (Lipinski definition) is 0. The topological polar surface area (TPSA) is 21.6 Å². The first kappa shape index (κ1) is 20.7. The third kappa shape index (κ3) is 6.23. The molecule has 3 aromatic rings. The van der Waals surface area contributed by atoms with Crippen LogP contribution in [0, 0.1) is 13.8 Å². The van der Waals surface area contributed by atoms with Crippen molar-refractivity contribution in [1.29, 1.82) is 0 Å². The van der Waals surface area contributed by atoms with E-state index in [0.717, 1.165) is 32.5 Å². The molecule has 0 amide bonds. The van der Waals surface area contributed by atoms with E-state index in [0.29, 0.717) is 0 Å². The van der Waals surface area contributed by atoms with Crippen LogP contribution in [0.15, 0.2) is 101 Å². The Bertz CT molecular complexity index is 1030. The Morgan fingerprint density at radius 3 is 2.31 bits per heavy atom. The zero-order chi connectivity index (χ0) is 20.6. The van der Waals surface area contributed by atoms with Gasteiger partial charge in [-0.05, 0) is 62.7 Å². The number of rotatable bonds is 6. The third-order valence-electron chi connectivity index (χ3n) is 4.29. The summed E-state index contributed by atoms with van der Waals surface area (Å²) < 4.78 is 5.88. The van der Waals surface area contributed by atoms with Crippen molar-refractivity contribution in [2.45, 2.75) is 25.7 Å². The van der Waals surface area contributed by atoms with Gasteiger partial charge in [0.2, 0.25) is 0 Å². The van der Waals surface area contributed by atoms with Gasteiger partial charge in [-0.15, -0.1) is 0 Å². The monoisotopic (exact) mass is 399 g/mol. The van der Waals surface area contributed by atoms with Crippen LogP contribution in [0.5, 0.6) is 5.75 Å². The van der Waals surface area contributed by atoms with Crippen molar-refractivity contribution >= 4 is 28.6 Å².